The predicted octanol–water partition coefficient (Wildman–Crippen LogP) is 1.38. The van der Waals surface area contributed by atoms with Crippen LogP contribution in [0.2, 0.25) is 0 Å². The first-order chi connectivity index (χ1) is 13.4. The van der Waals surface area contributed by atoms with Crippen molar-refractivity contribution in [2.24, 2.45) is 7.05 Å². The first-order valence-corrected chi connectivity index (χ1v) is 8.48. The van der Waals surface area contributed by atoms with E-state index in [4.69, 9.17) is 4.74 Å². The van der Waals surface area contributed by atoms with Crippen LogP contribution in [0.5, 0.6) is 0 Å². The van der Waals surface area contributed by atoms with Crippen LogP contribution >= 0.6 is 0 Å². The third-order valence-electron chi connectivity index (χ3n) is 4.14. The van der Waals surface area contributed by atoms with Gasteiger partial charge in [-0.1, -0.05) is 18.2 Å². The monoisotopic (exact) mass is 381 g/mol. The number of carbonyl (C=O) groups excluding carboxylic acids is 2. The van der Waals surface area contributed by atoms with Crippen LogP contribution in [-0.4, -0.2) is 37.8 Å². The highest BCUT2D eigenvalue weighted by atomic mass is 16.5. The fourth-order valence-corrected chi connectivity index (χ4v) is 2.59. The van der Waals surface area contributed by atoms with Crippen molar-refractivity contribution in [3.8, 4) is 5.69 Å². The van der Waals surface area contributed by atoms with Gasteiger partial charge >= 0.3 is 5.97 Å². The Morgan fingerprint density at radius 1 is 1.11 bits per heavy atom. The molecule has 1 aromatic carbocycles. The van der Waals surface area contributed by atoms with Gasteiger partial charge in [0, 0.05) is 13.2 Å². The van der Waals surface area contributed by atoms with Crippen LogP contribution in [-0.2, 0) is 16.6 Å². The maximum absolute atomic E-state index is 12.7. The zero-order chi connectivity index (χ0) is 20.3. The van der Waals surface area contributed by atoms with Gasteiger partial charge in [0.25, 0.3) is 11.5 Å². The lowest BCUT2D eigenvalue weighted by molar-refractivity contribution is -0.119. The van der Waals surface area contributed by atoms with E-state index < -0.39 is 18.5 Å². The standard InChI is InChI=1S/C19H19N5O4/c1-12-9-21-15(10-20-12)19(27)28-11-16(25)22-17-13(2)23(3)24(18(17)26)14-7-5-4-6-8-14/h4-10H,11H2,1-3H3,(H,22,25). The van der Waals surface area contributed by atoms with Crippen molar-refractivity contribution < 1.29 is 14.3 Å². The number of ether oxygens (including phenoxy) is 1. The lowest BCUT2D eigenvalue weighted by Crippen LogP contribution is -2.26. The number of amides is 1. The molecule has 3 aromatic rings. The summed E-state index contributed by atoms with van der Waals surface area (Å²) in [6, 6.07) is 9.05. The summed E-state index contributed by atoms with van der Waals surface area (Å²) in [5.41, 5.74) is 1.64. The molecule has 0 fully saturated rings. The lowest BCUT2D eigenvalue weighted by Gasteiger charge is -2.07. The Labute approximate surface area is 160 Å². The number of aromatic nitrogens is 4. The van der Waals surface area contributed by atoms with Gasteiger partial charge in [-0.15, -0.1) is 0 Å². The maximum atomic E-state index is 12.7. The normalized spacial score (nSPS) is 10.5. The number of rotatable bonds is 5. The third-order valence-corrected chi connectivity index (χ3v) is 4.14. The largest absolute Gasteiger partial charge is 0.451 e. The molecule has 3 rings (SSSR count). The Kier molecular flexibility index (Phi) is 5.35. The summed E-state index contributed by atoms with van der Waals surface area (Å²) in [5.74, 6) is -1.39. The number of aryl methyl sites for hydroxylation is 1. The summed E-state index contributed by atoms with van der Waals surface area (Å²) in [6.45, 7) is 2.90. The van der Waals surface area contributed by atoms with Crippen molar-refractivity contribution in [2.75, 3.05) is 11.9 Å². The summed E-state index contributed by atoms with van der Waals surface area (Å²) >= 11 is 0. The van der Waals surface area contributed by atoms with E-state index in [1.807, 2.05) is 18.2 Å². The van der Waals surface area contributed by atoms with Gasteiger partial charge in [0.05, 0.1) is 23.3 Å². The van der Waals surface area contributed by atoms with Gasteiger partial charge in [-0.25, -0.2) is 14.5 Å². The molecule has 144 valence electrons. The summed E-state index contributed by atoms with van der Waals surface area (Å²) in [6.07, 6.45) is 2.70. The molecule has 0 radical (unpaired) electrons. The van der Waals surface area contributed by atoms with Crippen molar-refractivity contribution in [1.82, 2.24) is 19.3 Å². The zero-order valence-corrected chi connectivity index (χ0v) is 15.7. The van der Waals surface area contributed by atoms with E-state index >= 15 is 0 Å². The molecule has 0 saturated carbocycles. The molecule has 9 nitrogen and oxygen atoms in total. The van der Waals surface area contributed by atoms with E-state index in [-0.39, 0.29) is 16.9 Å². The van der Waals surface area contributed by atoms with Crippen molar-refractivity contribution >= 4 is 17.6 Å². The molecule has 9 heteroatoms. The van der Waals surface area contributed by atoms with Crippen LogP contribution in [0.1, 0.15) is 21.9 Å². The molecule has 2 heterocycles. The fraction of sp³-hybridized carbons (Fsp3) is 0.211. The minimum Gasteiger partial charge on any atom is -0.451 e. The number of nitrogens with one attached hydrogen (secondary N) is 1. The second-order valence-electron chi connectivity index (χ2n) is 6.10. The van der Waals surface area contributed by atoms with Gasteiger partial charge in [-0.3, -0.25) is 19.3 Å². The number of esters is 1. The summed E-state index contributed by atoms with van der Waals surface area (Å²) in [7, 11) is 1.72. The number of anilines is 1. The first kappa shape index (κ1) is 19.0. The fourth-order valence-electron chi connectivity index (χ4n) is 2.59. The first-order valence-electron chi connectivity index (χ1n) is 8.48. The molecule has 0 bridgehead atoms. The van der Waals surface area contributed by atoms with E-state index in [2.05, 4.69) is 15.3 Å². The highest BCUT2D eigenvalue weighted by molar-refractivity contribution is 5.95. The Hall–Kier alpha value is -3.75. The van der Waals surface area contributed by atoms with Gasteiger partial charge < -0.3 is 10.1 Å². The van der Waals surface area contributed by atoms with Gasteiger partial charge in [0.15, 0.2) is 12.3 Å². The number of hydrogen-bond acceptors (Lipinski definition) is 6. The zero-order valence-electron chi connectivity index (χ0n) is 15.7. The smallest absolute Gasteiger partial charge is 0.359 e. The number of para-hydroxylation sites is 1. The summed E-state index contributed by atoms with van der Waals surface area (Å²) in [4.78, 5) is 44.7. The molecule has 0 aliphatic rings. The minimum absolute atomic E-state index is 0.000671. The molecular formula is C19H19N5O4. The van der Waals surface area contributed by atoms with Crippen molar-refractivity contribution in [1.29, 1.82) is 0 Å². The molecule has 0 atom stereocenters. The Bertz CT molecular complexity index is 1070. The second-order valence-corrected chi connectivity index (χ2v) is 6.10. The third kappa shape index (κ3) is 3.83. The van der Waals surface area contributed by atoms with Crippen LogP contribution in [0.3, 0.4) is 0 Å². The van der Waals surface area contributed by atoms with Gasteiger partial charge in [0.1, 0.15) is 5.69 Å². The van der Waals surface area contributed by atoms with E-state index in [1.165, 1.54) is 17.1 Å². The maximum Gasteiger partial charge on any atom is 0.359 e. The number of benzene rings is 1. The number of nitrogens with zero attached hydrogens (tertiary/aromatic N) is 4. The van der Waals surface area contributed by atoms with Crippen molar-refractivity contribution in [2.45, 2.75) is 13.8 Å². The average Bonchev–Trinajstić information content (AvgIpc) is 2.90. The van der Waals surface area contributed by atoms with Crippen LogP contribution in [0.25, 0.3) is 5.69 Å². The Morgan fingerprint density at radius 2 is 1.82 bits per heavy atom. The van der Waals surface area contributed by atoms with Crippen LogP contribution in [0.4, 0.5) is 5.69 Å². The Morgan fingerprint density at radius 3 is 2.46 bits per heavy atom. The van der Waals surface area contributed by atoms with E-state index in [0.29, 0.717) is 17.1 Å². The molecule has 0 aliphatic carbocycles. The van der Waals surface area contributed by atoms with E-state index in [1.54, 1.807) is 37.7 Å². The van der Waals surface area contributed by atoms with Crippen molar-refractivity contribution in [3.63, 3.8) is 0 Å². The lowest BCUT2D eigenvalue weighted by atomic mass is 10.3. The van der Waals surface area contributed by atoms with Gasteiger partial charge in [-0.2, -0.15) is 0 Å². The molecule has 1 N–H and O–H groups in total. The predicted molar refractivity (Wildman–Crippen MR) is 101 cm³/mol. The van der Waals surface area contributed by atoms with Gasteiger partial charge in [-0.05, 0) is 26.0 Å². The van der Waals surface area contributed by atoms with Crippen LogP contribution in [0, 0.1) is 13.8 Å². The van der Waals surface area contributed by atoms with Crippen LogP contribution in [0.15, 0.2) is 47.5 Å². The molecule has 1 amide bonds. The SMILES string of the molecule is Cc1cnc(C(=O)OCC(=O)Nc2c(C)n(C)n(-c3ccccc3)c2=O)cn1. The average molecular weight is 381 g/mol. The molecule has 28 heavy (non-hydrogen) atoms. The summed E-state index contributed by atoms with van der Waals surface area (Å²) < 4.78 is 8.02. The highest BCUT2D eigenvalue weighted by Gasteiger charge is 2.19. The molecule has 0 spiro atoms. The number of hydrogen-bond donors (Lipinski definition) is 1. The highest BCUT2D eigenvalue weighted by Crippen LogP contribution is 2.13. The molecule has 2 aromatic heterocycles. The van der Waals surface area contributed by atoms with E-state index in [9.17, 15) is 14.4 Å². The van der Waals surface area contributed by atoms with Gasteiger partial charge in [0.2, 0.25) is 0 Å². The number of carbonyl (C=O) groups is 2. The minimum atomic E-state index is -0.769. The van der Waals surface area contributed by atoms with Crippen molar-refractivity contribution in [3.05, 3.63) is 70.2 Å². The topological polar surface area (TPSA) is 108 Å². The molecular weight excluding hydrogens is 362 g/mol. The molecule has 0 aliphatic heterocycles. The van der Waals surface area contributed by atoms with E-state index in [0.717, 1.165) is 0 Å². The molecule has 0 saturated heterocycles. The summed E-state index contributed by atoms with van der Waals surface area (Å²) in [5, 5.41) is 2.52. The Balaban J connectivity index is 1.72. The quantitative estimate of drug-likeness (QED) is 0.669. The second kappa shape index (κ2) is 7.87. The van der Waals surface area contributed by atoms with Crippen LogP contribution < -0.4 is 10.9 Å². The molecule has 0 unspecified atom stereocenters.